The fourth-order valence-electron chi connectivity index (χ4n) is 4.76. The molecule has 39 heavy (non-hydrogen) atoms. The lowest BCUT2D eigenvalue weighted by molar-refractivity contribution is 0.0593. The third-order valence-electron chi connectivity index (χ3n) is 6.57. The third kappa shape index (κ3) is 9.54. The van der Waals surface area contributed by atoms with Crippen molar-refractivity contribution in [2.75, 3.05) is 20.0 Å². The molecule has 0 spiro atoms. The molecule has 2 rings (SSSR count). The molecule has 1 aromatic carbocycles. The van der Waals surface area contributed by atoms with E-state index in [0.29, 0.717) is 35.2 Å². The first-order valence-electron chi connectivity index (χ1n) is 13.0. The van der Waals surface area contributed by atoms with Crippen molar-refractivity contribution < 1.29 is 26.9 Å². The first-order valence-corrected chi connectivity index (χ1v) is 17.0. The highest BCUT2D eigenvalue weighted by Gasteiger charge is 2.41. The minimum Gasteiger partial charge on any atom is -0.493 e. The molecule has 0 atom stereocenters. The summed E-state index contributed by atoms with van der Waals surface area (Å²) in [5, 5.41) is 0. The summed E-state index contributed by atoms with van der Waals surface area (Å²) in [6, 6.07) is 10.4. The van der Waals surface area contributed by atoms with Gasteiger partial charge < -0.3 is 9.47 Å². The Labute approximate surface area is 234 Å². The largest absolute Gasteiger partial charge is 0.493 e. The summed E-state index contributed by atoms with van der Waals surface area (Å²) >= 11 is 0. The molecule has 0 aliphatic heterocycles. The predicted octanol–water partition coefficient (Wildman–Crippen LogP) is 5.73. The van der Waals surface area contributed by atoms with Gasteiger partial charge in [-0.3, -0.25) is 4.18 Å². The van der Waals surface area contributed by atoms with Crippen molar-refractivity contribution in [3.63, 3.8) is 0 Å². The van der Waals surface area contributed by atoms with Crippen LogP contribution in [-0.4, -0.2) is 47.4 Å². The molecule has 1 heterocycles. The molecule has 9 heteroatoms. The second-order valence-electron chi connectivity index (χ2n) is 10.3. The van der Waals surface area contributed by atoms with Crippen molar-refractivity contribution >= 4 is 24.2 Å². The number of benzene rings is 1. The third-order valence-corrected chi connectivity index (χ3v) is 13.5. The number of esters is 1. The van der Waals surface area contributed by atoms with Crippen molar-refractivity contribution in [2.45, 2.75) is 71.2 Å². The molecule has 0 aliphatic rings. The number of rotatable bonds is 10. The van der Waals surface area contributed by atoms with Gasteiger partial charge in [0.15, 0.2) is 0 Å². The molecular formula is C30H39NO6SSi. The number of hydrogen-bond acceptors (Lipinski definition) is 7. The standard InChI is InChI=1S/C30H39NO6SSi/c1-22(2)39(23(3)4,24(5)6)18-10-9-17-36-28-15-13-25(14-16-28)11-12-26-19-27(21-37-38(8,33)34)31-29(20-26)30(32)35-7/h13-16,19-20,22-24H,9,17,21H2,1-8H3. The van der Waals surface area contributed by atoms with Crippen LogP contribution in [0.15, 0.2) is 36.4 Å². The zero-order valence-corrected chi connectivity index (χ0v) is 25.9. The summed E-state index contributed by atoms with van der Waals surface area (Å²) in [7, 11) is -4.16. The van der Waals surface area contributed by atoms with Crippen LogP contribution in [0, 0.1) is 23.3 Å². The smallest absolute Gasteiger partial charge is 0.356 e. The van der Waals surface area contributed by atoms with E-state index in [9.17, 15) is 13.2 Å². The highest BCUT2D eigenvalue weighted by atomic mass is 32.2. The van der Waals surface area contributed by atoms with Crippen LogP contribution in [0.4, 0.5) is 0 Å². The van der Waals surface area contributed by atoms with Crippen LogP contribution in [0.1, 0.15) is 75.3 Å². The fourth-order valence-corrected chi connectivity index (χ4v) is 10.4. The molecule has 0 fully saturated rings. The molecule has 0 amide bonds. The Morgan fingerprint density at radius 2 is 1.54 bits per heavy atom. The second kappa shape index (κ2) is 14.3. The molecule has 0 saturated carbocycles. The Hall–Kier alpha value is -3.11. The van der Waals surface area contributed by atoms with Crippen molar-refractivity contribution in [3.8, 4) is 29.1 Å². The SMILES string of the molecule is COC(=O)c1cc(C#Cc2ccc(OCCC#C[Si](C(C)C)(C(C)C)C(C)C)cc2)cc(COS(C)(=O)=O)n1. The van der Waals surface area contributed by atoms with Crippen molar-refractivity contribution in [1.82, 2.24) is 4.98 Å². The summed E-state index contributed by atoms with van der Waals surface area (Å²) < 4.78 is 38.1. The summed E-state index contributed by atoms with van der Waals surface area (Å²) in [6.07, 6.45) is 1.62. The van der Waals surface area contributed by atoms with E-state index >= 15 is 0 Å². The lowest BCUT2D eigenvalue weighted by Gasteiger charge is -2.38. The van der Waals surface area contributed by atoms with E-state index in [4.69, 9.17) is 13.7 Å². The highest BCUT2D eigenvalue weighted by molar-refractivity contribution is 7.85. The maximum absolute atomic E-state index is 12.0. The molecule has 0 radical (unpaired) electrons. The van der Waals surface area contributed by atoms with Gasteiger partial charge in [-0.1, -0.05) is 53.4 Å². The van der Waals surface area contributed by atoms with E-state index in [0.717, 1.165) is 17.6 Å². The van der Waals surface area contributed by atoms with Crippen molar-refractivity contribution in [2.24, 2.45) is 0 Å². The molecule has 0 aliphatic carbocycles. The Morgan fingerprint density at radius 3 is 2.08 bits per heavy atom. The van der Waals surface area contributed by atoms with Gasteiger partial charge in [0.05, 0.1) is 25.7 Å². The Balaban J connectivity index is 2.09. The van der Waals surface area contributed by atoms with E-state index in [2.05, 4.69) is 69.8 Å². The topological polar surface area (TPSA) is 91.8 Å². The molecule has 2 aromatic rings. The Morgan fingerprint density at radius 1 is 0.949 bits per heavy atom. The van der Waals surface area contributed by atoms with E-state index < -0.39 is 24.2 Å². The van der Waals surface area contributed by atoms with Crippen LogP contribution in [0.5, 0.6) is 5.75 Å². The van der Waals surface area contributed by atoms with Gasteiger partial charge in [-0.05, 0) is 53.0 Å². The van der Waals surface area contributed by atoms with E-state index in [1.54, 1.807) is 6.07 Å². The first kappa shape index (κ1) is 32.1. The van der Waals surface area contributed by atoms with Crippen LogP contribution in [0.3, 0.4) is 0 Å². The number of methoxy groups -OCH3 is 1. The van der Waals surface area contributed by atoms with Crippen LogP contribution < -0.4 is 4.74 Å². The van der Waals surface area contributed by atoms with Gasteiger partial charge in [-0.2, -0.15) is 8.42 Å². The highest BCUT2D eigenvalue weighted by Crippen LogP contribution is 2.40. The monoisotopic (exact) mass is 569 g/mol. The molecule has 0 unspecified atom stereocenters. The molecular weight excluding hydrogens is 530 g/mol. The second-order valence-corrected chi connectivity index (χ2v) is 17.5. The van der Waals surface area contributed by atoms with E-state index in [-0.39, 0.29) is 18.0 Å². The van der Waals surface area contributed by atoms with E-state index in [1.165, 1.54) is 13.2 Å². The van der Waals surface area contributed by atoms with Gasteiger partial charge in [-0.25, -0.2) is 9.78 Å². The van der Waals surface area contributed by atoms with Gasteiger partial charge in [0, 0.05) is 17.5 Å². The fraction of sp³-hybridized carbons (Fsp3) is 0.467. The van der Waals surface area contributed by atoms with Crippen LogP contribution in [0.2, 0.25) is 16.6 Å². The number of aromatic nitrogens is 1. The van der Waals surface area contributed by atoms with Gasteiger partial charge in [0.2, 0.25) is 0 Å². The average Bonchev–Trinajstić information content (AvgIpc) is 2.87. The summed E-state index contributed by atoms with van der Waals surface area (Å²) in [4.78, 5) is 16.1. The quantitative estimate of drug-likeness (QED) is 0.119. The number of carbonyl (C=O) groups excluding carboxylic acids is 1. The summed E-state index contributed by atoms with van der Waals surface area (Å²) in [6.45, 7) is 14.0. The maximum atomic E-state index is 12.0. The average molecular weight is 570 g/mol. The van der Waals surface area contributed by atoms with Crippen LogP contribution >= 0.6 is 0 Å². The molecule has 1 aromatic heterocycles. The number of hydrogen-bond donors (Lipinski definition) is 0. The van der Waals surface area contributed by atoms with Crippen molar-refractivity contribution in [1.29, 1.82) is 0 Å². The maximum Gasteiger partial charge on any atom is 0.356 e. The summed E-state index contributed by atoms with van der Waals surface area (Å²) in [5.41, 5.74) is 7.00. The Bertz CT molecular complexity index is 1340. The zero-order chi connectivity index (χ0) is 29.2. The van der Waals surface area contributed by atoms with Gasteiger partial charge in [0.25, 0.3) is 10.1 Å². The minimum atomic E-state index is -3.67. The van der Waals surface area contributed by atoms with Gasteiger partial charge in [-0.15, -0.1) is 11.5 Å². The van der Waals surface area contributed by atoms with Crippen LogP contribution in [0.25, 0.3) is 0 Å². The number of nitrogens with zero attached hydrogens (tertiary/aromatic N) is 1. The molecule has 7 nitrogen and oxygen atoms in total. The van der Waals surface area contributed by atoms with Crippen molar-refractivity contribution in [3.05, 3.63) is 58.9 Å². The van der Waals surface area contributed by atoms with Gasteiger partial charge in [0.1, 0.15) is 26.1 Å². The normalized spacial score (nSPS) is 11.6. The lowest BCUT2D eigenvalue weighted by Crippen LogP contribution is -2.43. The van der Waals surface area contributed by atoms with Crippen LogP contribution in [-0.2, 0) is 25.6 Å². The van der Waals surface area contributed by atoms with E-state index in [1.807, 2.05) is 24.3 Å². The number of ether oxygens (including phenoxy) is 2. The predicted molar refractivity (Wildman–Crippen MR) is 157 cm³/mol. The number of pyridine rings is 1. The Kier molecular flexibility index (Phi) is 11.8. The molecule has 0 saturated heterocycles. The molecule has 210 valence electrons. The lowest BCUT2D eigenvalue weighted by atomic mass is 10.1. The van der Waals surface area contributed by atoms with Gasteiger partial charge >= 0.3 is 5.97 Å². The molecule has 0 N–H and O–H groups in total. The zero-order valence-electron chi connectivity index (χ0n) is 24.1. The minimum absolute atomic E-state index is 0.0124. The summed E-state index contributed by atoms with van der Waals surface area (Å²) in [5.74, 6) is 9.51. The first-order chi connectivity index (χ1) is 18.3. The number of carbonyl (C=O) groups is 1. The molecule has 0 bridgehead atoms.